The third-order valence-corrected chi connectivity index (χ3v) is 8.33. The Kier molecular flexibility index (Phi) is 5.46. The van der Waals surface area contributed by atoms with Gasteiger partial charge >= 0.3 is 0 Å². The third kappa shape index (κ3) is 4.01. The lowest BCUT2D eigenvalue weighted by Gasteiger charge is -2.41. The quantitative estimate of drug-likeness (QED) is 0.655. The van der Waals surface area contributed by atoms with Crippen LogP contribution in [0.2, 0.25) is 0 Å². The molecule has 2 aromatic rings. The Morgan fingerprint density at radius 3 is 2.79 bits per heavy atom. The van der Waals surface area contributed by atoms with Crippen LogP contribution in [0.3, 0.4) is 0 Å². The summed E-state index contributed by atoms with van der Waals surface area (Å²) in [6, 6.07) is 4.77. The van der Waals surface area contributed by atoms with Crippen molar-refractivity contribution in [3.8, 4) is 0 Å². The lowest BCUT2D eigenvalue weighted by molar-refractivity contribution is -0.131. The molecule has 2 aromatic heterocycles. The predicted octanol–water partition coefficient (Wildman–Crippen LogP) is 4.40. The van der Waals surface area contributed by atoms with Crippen LogP contribution < -0.4 is 0 Å². The minimum Gasteiger partial charge on any atom is -0.342 e. The molecule has 2 aliphatic carbocycles. The van der Waals surface area contributed by atoms with Gasteiger partial charge in [0.15, 0.2) is 5.16 Å². The van der Waals surface area contributed by atoms with E-state index in [-0.39, 0.29) is 5.91 Å². The molecule has 0 spiro atoms. The van der Waals surface area contributed by atoms with E-state index < -0.39 is 0 Å². The van der Waals surface area contributed by atoms with Crippen molar-refractivity contribution in [3.63, 3.8) is 0 Å². The lowest BCUT2D eigenvalue weighted by Crippen LogP contribution is -2.45. The number of aromatic nitrogens is 3. The van der Waals surface area contributed by atoms with E-state index in [0.29, 0.717) is 11.8 Å². The molecule has 1 amide bonds. The van der Waals surface area contributed by atoms with Crippen molar-refractivity contribution in [2.45, 2.75) is 62.6 Å². The Morgan fingerprint density at radius 2 is 2.00 bits per heavy atom. The van der Waals surface area contributed by atoms with Gasteiger partial charge < -0.3 is 9.47 Å². The number of nitrogens with zero attached hydrogens (tertiary/aromatic N) is 4. The zero-order chi connectivity index (χ0) is 18.9. The number of hydrogen-bond acceptors (Lipinski definition) is 5. The first-order valence-electron chi connectivity index (χ1n) is 10.6. The van der Waals surface area contributed by atoms with E-state index in [0.717, 1.165) is 42.3 Å². The molecule has 3 aliphatic rings. The van der Waals surface area contributed by atoms with Gasteiger partial charge in [-0.25, -0.2) is 0 Å². The van der Waals surface area contributed by atoms with Gasteiger partial charge in [0.1, 0.15) is 5.82 Å². The van der Waals surface area contributed by atoms with Gasteiger partial charge in [-0.3, -0.25) is 4.79 Å². The van der Waals surface area contributed by atoms with E-state index in [2.05, 4.69) is 37.2 Å². The molecule has 28 heavy (non-hydrogen) atoms. The van der Waals surface area contributed by atoms with E-state index >= 15 is 0 Å². The summed E-state index contributed by atoms with van der Waals surface area (Å²) in [4.78, 5) is 16.3. The smallest absolute Gasteiger partial charge is 0.233 e. The normalized spacial score (nSPS) is 24.9. The standard InChI is InChI=1S/C21H28N4OS2/c26-20(24-10-9-15-4-1-2-5-16(15)13-24)14-28-21-23-22-19(25(21)17-7-8-17)12-18-6-3-11-27-18/h3,6,11,15-17H,1-2,4-5,7-10,12-14H2. The molecule has 7 heteroatoms. The summed E-state index contributed by atoms with van der Waals surface area (Å²) in [6.07, 6.45) is 9.85. The summed E-state index contributed by atoms with van der Waals surface area (Å²) in [5.41, 5.74) is 0. The number of thioether (sulfide) groups is 1. The monoisotopic (exact) mass is 416 g/mol. The molecule has 150 valence electrons. The predicted molar refractivity (Wildman–Crippen MR) is 113 cm³/mol. The summed E-state index contributed by atoms with van der Waals surface area (Å²) in [5.74, 6) is 3.41. The SMILES string of the molecule is O=C(CSc1nnc(Cc2cccs2)n1C1CC1)N1CCC2CCCCC2C1. The number of thiophene rings is 1. The maximum atomic E-state index is 12.9. The van der Waals surface area contributed by atoms with Gasteiger partial charge in [0.25, 0.3) is 0 Å². The highest BCUT2D eigenvalue weighted by atomic mass is 32.2. The number of hydrogen-bond donors (Lipinski definition) is 0. The number of amides is 1. The van der Waals surface area contributed by atoms with Gasteiger partial charge in [-0.2, -0.15) is 0 Å². The Bertz CT molecular complexity index is 814. The van der Waals surface area contributed by atoms with Crippen LogP contribution in [-0.2, 0) is 11.2 Å². The molecule has 2 unspecified atom stereocenters. The lowest BCUT2D eigenvalue weighted by atomic mass is 9.75. The number of likely N-dealkylation sites (tertiary alicyclic amines) is 1. The van der Waals surface area contributed by atoms with E-state index in [1.54, 1.807) is 23.1 Å². The van der Waals surface area contributed by atoms with Crippen molar-refractivity contribution >= 4 is 29.0 Å². The largest absolute Gasteiger partial charge is 0.342 e. The van der Waals surface area contributed by atoms with Crippen LogP contribution in [0.25, 0.3) is 0 Å². The zero-order valence-corrected chi connectivity index (χ0v) is 17.9. The minimum atomic E-state index is 0.277. The van der Waals surface area contributed by atoms with Crippen LogP contribution in [0.1, 0.15) is 61.7 Å². The fourth-order valence-electron chi connectivity index (χ4n) is 4.84. The summed E-state index contributed by atoms with van der Waals surface area (Å²) >= 11 is 3.35. The Morgan fingerprint density at radius 1 is 1.14 bits per heavy atom. The molecule has 3 fully saturated rings. The molecule has 5 nitrogen and oxygen atoms in total. The highest BCUT2D eigenvalue weighted by Crippen LogP contribution is 2.40. The number of fused-ring (bicyclic) bond motifs is 1. The van der Waals surface area contributed by atoms with E-state index in [9.17, 15) is 4.79 Å². The first-order chi connectivity index (χ1) is 13.8. The van der Waals surface area contributed by atoms with Crippen LogP contribution in [-0.4, -0.2) is 44.4 Å². The van der Waals surface area contributed by atoms with E-state index in [1.807, 2.05) is 0 Å². The highest BCUT2D eigenvalue weighted by Gasteiger charge is 2.34. The number of rotatable bonds is 6. The van der Waals surface area contributed by atoms with Crippen molar-refractivity contribution in [3.05, 3.63) is 28.2 Å². The second-order valence-corrected chi connectivity index (χ2v) is 10.5. The van der Waals surface area contributed by atoms with E-state index in [1.165, 1.54) is 49.8 Å². The van der Waals surface area contributed by atoms with Gasteiger partial charge in [0, 0.05) is 30.4 Å². The van der Waals surface area contributed by atoms with E-state index in [4.69, 9.17) is 0 Å². The molecule has 5 rings (SSSR count). The van der Waals surface area contributed by atoms with Crippen molar-refractivity contribution in [2.75, 3.05) is 18.8 Å². The summed E-state index contributed by atoms with van der Waals surface area (Å²) in [6.45, 7) is 1.92. The first kappa shape index (κ1) is 18.7. The maximum absolute atomic E-state index is 12.9. The van der Waals surface area contributed by atoms with Crippen LogP contribution in [0.5, 0.6) is 0 Å². The summed E-state index contributed by atoms with van der Waals surface area (Å²) in [7, 11) is 0. The third-order valence-electron chi connectivity index (χ3n) is 6.53. The topological polar surface area (TPSA) is 51.0 Å². The molecular weight excluding hydrogens is 388 g/mol. The van der Waals surface area contributed by atoms with Crippen LogP contribution in [0, 0.1) is 11.8 Å². The molecular formula is C21H28N4OS2. The van der Waals surface area contributed by atoms with Crippen LogP contribution in [0.15, 0.2) is 22.7 Å². The van der Waals surface area contributed by atoms with Crippen LogP contribution >= 0.6 is 23.1 Å². The van der Waals surface area contributed by atoms with Crippen molar-refractivity contribution < 1.29 is 4.79 Å². The first-order valence-corrected chi connectivity index (χ1v) is 12.5. The van der Waals surface area contributed by atoms with Gasteiger partial charge in [0.2, 0.25) is 5.91 Å². The Balaban J connectivity index is 1.22. The van der Waals surface area contributed by atoms with Gasteiger partial charge in [-0.05, 0) is 49.0 Å². The number of carbonyl (C=O) groups is 1. The van der Waals surface area contributed by atoms with Crippen LogP contribution in [0.4, 0.5) is 0 Å². The summed E-state index contributed by atoms with van der Waals surface area (Å²) in [5, 5.41) is 12.0. The average molecular weight is 417 g/mol. The van der Waals surface area contributed by atoms with Crippen molar-refractivity contribution in [1.29, 1.82) is 0 Å². The molecule has 0 radical (unpaired) electrons. The van der Waals surface area contributed by atoms with Crippen molar-refractivity contribution in [2.24, 2.45) is 11.8 Å². The fourth-order valence-corrected chi connectivity index (χ4v) is 6.47. The second kappa shape index (κ2) is 8.19. The Hall–Kier alpha value is -1.34. The number of carbonyl (C=O) groups excluding carboxylic acids is 1. The zero-order valence-electron chi connectivity index (χ0n) is 16.3. The molecule has 0 bridgehead atoms. The molecule has 0 aromatic carbocycles. The molecule has 0 N–H and O–H groups in total. The fraction of sp³-hybridized carbons (Fsp3) is 0.667. The number of piperidine rings is 1. The molecule has 2 atom stereocenters. The van der Waals surface area contributed by atoms with Gasteiger partial charge in [0.05, 0.1) is 5.75 Å². The summed E-state index contributed by atoms with van der Waals surface area (Å²) < 4.78 is 2.30. The van der Waals surface area contributed by atoms with Crippen molar-refractivity contribution in [1.82, 2.24) is 19.7 Å². The van der Waals surface area contributed by atoms with Gasteiger partial charge in [-0.1, -0.05) is 37.1 Å². The minimum absolute atomic E-state index is 0.277. The molecule has 2 saturated carbocycles. The van der Waals surface area contributed by atoms with Gasteiger partial charge in [-0.15, -0.1) is 21.5 Å². The maximum Gasteiger partial charge on any atom is 0.233 e. The second-order valence-electron chi connectivity index (χ2n) is 8.48. The Labute approximate surface area is 174 Å². The average Bonchev–Trinajstić information content (AvgIpc) is 3.28. The molecule has 1 aliphatic heterocycles. The molecule has 1 saturated heterocycles. The highest BCUT2D eigenvalue weighted by molar-refractivity contribution is 7.99. The molecule has 3 heterocycles.